The van der Waals surface area contributed by atoms with Gasteiger partial charge in [0.05, 0.1) is 11.1 Å². The molecular formula is C14H7Cl2FN2O2. The minimum absolute atomic E-state index is 0.176. The lowest BCUT2D eigenvalue weighted by atomic mass is 10.2. The van der Waals surface area contributed by atoms with Crippen molar-refractivity contribution in [3.05, 3.63) is 51.8 Å². The number of fused-ring (bicyclic) bond motifs is 1. The van der Waals surface area contributed by atoms with Gasteiger partial charge in [-0.05, 0) is 30.3 Å². The molecule has 0 amide bonds. The summed E-state index contributed by atoms with van der Waals surface area (Å²) >= 11 is 11.9. The first kappa shape index (κ1) is 13.9. The Morgan fingerprint density at radius 3 is 2.43 bits per heavy atom. The van der Waals surface area contributed by atoms with E-state index in [1.807, 2.05) is 0 Å². The minimum Gasteiger partial charge on any atom is -0.478 e. The topological polar surface area (TPSA) is 66.0 Å². The number of benzene rings is 2. The van der Waals surface area contributed by atoms with E-state index in [9.17, 15) is 9.18 Å². The molecule has 0 saturated heterocycles. The minimum atomic E-state index is -1.25. The van der Waals surface area contributed by atoms with Gasteiger partial charge in [0.25, 0.3) is 0 Å². The maximum atomic E-state index is 13.4. The molecule has 2 N–H and O–H groups in total. The fourth-order valence-electron chi connectivity index (χ4n) is 2.07. The quantitative estimate of drug-likeness (QED) is 0.735. The van der Waals surface area contributed by atoms with Gasteiger partial charge in [-0.1, -0.05) is 23.2 Å². The van der Waals surface area contributed by atoms with Crippen molar-refractivity contribution in [3.63, 3.8) is 0 Å². The highest BCUT2D eigenvalue weighted by atomic mass is 35.5. The fourth-order valence-corrected chi connectivity index (χ4v) is 2.60. The van der Waals surface area contributed by atoms with Crippen LogP contribution >= 0.6 is 23.2 Å². The first-order valence-corrected chi connectivity index (χ1v) is 6.58. The lowest BCUT2D eigenvalue weighted by Gasteiger charge is -1.99. The molecule has 0 unspecified atom stereocenters. The van der Waals surface area contributed by atoms with Crippen molar-refractivity contribution in [2.75, 3.05) is 0 Å². The van der Waals surface area contributed by atoms with Gasteiger partial charge in [-0.25, -0.2) is 14.2 Å². The van der Waals surface area contributed by atoms with Gasteiger partial charge in [0.15, 0.2) is 0 Å². The largest absolute Gasteiger partial charge is 0.478 e. The number of hydrogen-bond acceptors (Lipinski definition) is 2. The number of imidazole rings is 1. The van der Waals surface area contributed by atoms with Crippen LogP contribution in [-0.4, -0.2) is 21.0 Å². The molecule has 2 aromatic carbocycles. The molecule has 0 saturated carbocycles. The summed E-state index contributed by atoms with van der Waals surface area (Å²) in [6.07, 6.45) is 0. The van der Waals surface area contributed by atoms with E-state index in [4.69, 9.17) is 28.3 Å². The third-order valence-corrected chi connectivity index (χ3v) is 3.35. The molecular weight excluding hydrogens is 318 g/mol. The molecule has 0 fully saturated rings. The highest BCUT2D eigenvalue weighted by Crippen LogP contribution is 2.28. The Bertz CT molecular complexity index is 857. The van der Waals surface area contributed by atoms with Gasteiger partial charge in [-0.15, -0.1) is 0 Å². The normalized spacial score (nSPS) is 11.0. The predicted octanol–water partition coefficient (Wildman–Crippen LogP) is 4.37. The third-order valence-electron chi connectivity index (χ3n) is 2.92. The second-order valence-electron chi connectivity index (χ2n) is 4.40. The van der Waals surface area contributed by atoms with Gasteiger partial charge in [0, 0.05) is 15.6 Å². The maximum Gasteiger partial charge on any atom is 0.338 e. The molecule has 3 rings (SSSR count). The second kappa shape index (κ2) is 5.02. The summed E-state index contributed by atoms with van der Waals surface area (Å²) in [5.74, 6) is -1.54. The molecule has 1 aromatic heterocycles. The van der Waals surface area contributed by atoms with E-state index in [0.717, 1.165) is 6.07 Å². The summed E-state index contributed by atoms with van der Waals surface area (Å²) < 4.78 is 13.4. The average molecular weight is 325 g/mol. The van der Waals surface area contributed by atoms with Crippen LogP contribution in [0.1, 0.15) is 10.4 Å². The molecule has 4 nitrogen and oxygen atoms in total. The van der Waals surface area contributed by atoms with Crippen molar-refractivity contribution in [2.24, 2.45) is 0 Å². The van der Waals surface area contributed by atoms with Crippen molar-refractivity contribution in [1.82, 2.24) is 9.97 Å². The molecule has 0 aliphatic rings. The Morgan fingerprint density at radius 1 is 1.14 bits per heavy atom. The number of carboxylic acid groups (broad SMARTS) is 1. The van der Waals surface area contributed by atoms with Gasteiger partial charge in [-0.2, -0.15) is 0 Å². The number of hydrogen-bond donors (Lipinski definition) is 2. The molecule has 0 aliphatic heterocycles. The average Bonchev–Trinajstić information content (AvgIpc) is 2.79. The number of H-pyrrole nitrogens is 1. The summed E-state index contributed by atoms with van der Waals surface area (Å²) in [5, 5.41) is 9.95. The van der Waals surface area contributed by atoms with Crippen LogP contribution in [0, 0.1) is 5.82 Å². The Labute approximate surface area is 128 Å². The van der Waals surface area contributed by atoms with Gasteiger partial charge in [0.1, 0.15) is 17.2 Å². The van der Waals surface area contributed by atoms with Crippen molar-refractivity contribution < 1.29 is 14.3 Å². The maximum absolute atomic E-state index is 13.4. The summed E-state index contributed by atoms with van der Waals surface area (Å²) in [7, 11) is 0. The van der Waals surface area contributed by atoms with E-state index in [1.54, 1.807) is 18.2 Å². The van der Waals surface area contributed by atoms with Crippen LogP contribution in [0.2, 0.25) is 10.0 Å². The number of aromatic nitrogens is 2. The smallest absolute Gasteiger partial charge is 0.338 e. The third kappa shape index (κ3) is 2.57. The predicted molar refractivity (Wildman–Crippen MR) is 78.5 cm³/mol. The number of nitrogens with zero attached hydrogens (tertiary/aromatic N) is 1. The zero-order valence-electron chi connectivity index (χ0n) is 10.3. The molecule has 0 bridgehead atoms. The number of carbonyl (C=O) groups is 1. The van der Waals surface area contributed by atoms with Crippen molar-refractivity contribution >= 4 is 40.2 Å². The number of aromatic carboxylic acids is 1. The fraction of sp³-hybridized carbons (Fsp3) is 0. The van der Waals surface area contributed by atoms with Crippen molar-refractivity contribution in [3.8, 4) is 11.4 Å². The lowest BCUT2D eigenvalue weighted by Crippen LogP contribution is -1.98. The van der Waals surface area contributed by atoms with E-state index in [1.165, 1.54) is 6.07 Å². The molecule has 21 heavy (non-hydrogen) atoms. The van der Waals surface area contributed by atoms with Crippen LogP contribution in [0.25, 0.3) is 22.4 Å². The number of aromatic amines is 1. The number of nitrogens with one attached hydrogen (secondary N) is 1. The van der Waals surface area contributed by atoms with Crippen LogP contribution < -0.4 is 0 Å². The monoisotopic (exact) mass is 324 g/mol. The van der Waals surface area contributed by atoms with Crippen molar-refractivity contribution in [2.45, 2.75) is 0 Å². The Morgan fingerprint density at radius 2 is 1.81 bits per heavy atom. The van der Waals surface area contributed by atoms with Gasteiger partial charge in [-0.3, -0.25) is 0 Å². The number of carboxylic acids is 1. The van der Waals surface area contributed by atoms with Crippen LogP contribution in [0.3, 0.4) is 0 Å². The van der Waals surface area contributed by atoms with Crippen LogP contribution in [-0.2, 0) is 0 Å². The van der Waals surface area contributed by atoms with E-state index in [0.29, 0.717) is 26.9 Å². The molecule has 1 heterocycles. The van der Waals surface area contributed by atoms with Crippen LogP contribution in [0.5, 0.6) is 0 Å². The molecule has 0 radical (unpaired) electrons. The van der Waals surface area contributed by atoms with E-state index in [-0.39, 0.29) is 11.1 Å². The molecule has 106 valence electrons. The highest BCUT2D eigenvalue weighted by molar-refractivity contribution is 6.35. The highest BCUT2D eigenvalue weighted by Gasteiger charge is 2.16. The first-order chi connectivity index (χ1) is 9.94. The Kier molecular flexibility index (Phi) is 3.31. The Hall–Kier alpha value is -2.11. The zero-order valence-corrected chi connectivity index (χ0v) is 11.8. The standard InChI is InChI=1S/C14H7Cl2FN2O2/c15-7-1-6(2-8(16)3-7)13-18-11-5-9(17)4-10(14(20)21)12(11)19-13/h1-5H,(H,18,19)(H,20,21). The van der Waals surface area contributed by atoms with Crippen molar-refractivity contribution in [1.29, 1.82) is 0 Å². The summed E-state index contributed by atoms with van der Waals surface area (Å²) in [6.45, 7) is 0. The van der Waals surface area contributed by atoms with Gasteiger partial charge in [0.2, 0.25) is 0 Å². The van der Waals surface area contributed by atoms with Gasteiger partial charge < -0.3 is 10.1 Å². The van der Waals surface area contributed by atoms with Gasteiger partial charge >= 0.3 is 5.97 Å². The lowest BCUT2D eigenvalue weighted by molar-refractivity contribution is 0.0698. The summed E-state index contributed by atoms with van der Waals surface area (Å²) in [6, 6.07) is 6.94. The second-order valence-corrected chi connectivity index (χ2v) is 5.27. The summed E-state index contributed by atoms with van der Waals surface area (Å²) in [5.41, 5.74) is 0.842. The Balaban J connectivity index is 2.26. The molecule has 3 aromatic rings. The summed E-state index contributed by atoms with van der Waals surface area (Å²) in [4.78, 5) is 18.2. The molecule has 0 spiro atoms. The molecule has 0 atom stereocenters. The van der Waals surface area contributed by atoms with Crippen LogP contribution in [0.4, 0.5) is 4.39 Å². The van der Waals surface area contributed by atoms with E-state index >= 15 is 0 Å². The number of rotatable bonds is 2. The molecule has 7 heteroatoms. The SMILES string of the molecule is O=C(O)c1cc(F)cc2[nH]c(-c3cc(Cl)cc(Cl)c3)nc12. The zero-order chi connectivity index (χ0) is 15.1. The van der Waals surface area contributed by atoms with E-state index in [2.05, 4.69) is 9.97 Å². The first-order valence-electron chi connectivity index (χ1n) is 5.83. The molecule has 0 aliphatic carbocycles. The van der Waals surface area contributed by atoms with E-state index < -0.39 is 11.8 Å². The van der Waals surface area contributed by atoms with Crippen LogP contribution in [0.15, 0.2) is 30.3 Å². The number of halogens is 3.